The average molecular weight is 543 g/mol. The number of benzene rings is 2. The molecular formula is C28H30N8O4. The molecule has 2 aromatic carbocycles. The molecule has 0 radical (unpaired) electrons. The molecule has 0 aliphatic heterocycles. The number of nitrogens with one attached hydrogen (secondary N) is 2. The fourth-order valence-corrected chi connectivity index (χ4v) is 4.37. The zero-order valence-corrected chi connectivity index (χ0v) is 22.5. The van der Waals surface area contributed by atoms with Crippen molar-refractivity contribution in [2.45, 2.75) is 46.6 Å². The van der Waals surface area contributed by atoms with E-state index in [0.717, 1.165) is 35.1 Å². The molecule has 40 heavy (non-hydrogen) atoms. The first kappa shape index (κ1) is 26.7. The number of H-pyrrole nitrogens is 2. The highest BCUT2D eigenvalue weighted by atomic mass is 16.7. The Balaban J connectivity index is 1.47. The molecule has 12 nitrogen and oxygen atoms in total. The van der Waals surface area contributed by atoms with Crippen LogP contribution in [0, 0.1) is 5.92 Å². The van der Waals surface area contributed by atoms with Gasteiger partial charge < -0.3 is 14.0 Å². The maximum absolute atomic E-state index is 12.9. The Labute approximate surface area is 229 Å². The summed E-state index contributed by atoms with van der Waals surface area (Å²) in [5, 5.41) is 20.8. The molecule has 5 aromatic rings. The van der Waals surface area contributed by atoms with Crippen LogP contribution in [0.5, 0.6) is 5.88 Å². The third-order valence-corrected chi connectivity index (χ3v) is 6.31. The summed E-state index contributed by atoms with van der Waals surface area (Å²) >= 11 is 0. The van der Waals surface area contributed by atoms with E-state index in [4.69, 9.17) is 9.47 Å². The molecule has 0 unspecified atom stereocenters. The minimum Gasteiger partial charge on any atom is -0.434 e. The Hall–Kier alpha value is -4.87. The van der Waals surface area contributed by atoms with Gasteiger partial charge in [0, 0.05) is 18.5 Å². The van der Waals surface area contributed by atoms with E-state index in [1.165, 1.54) is 0 Å². The quantitative estimate of drug-likeness (QED) is 0.242. The predicted octanol–water partition coefficient (Wildman–Crippen LogP) is 4.53. The van der Waals surface area contributed by atoms with Crippen LogP contribution in [0.2, 0.25) is 0 Å². The number of hydrogen-bond donors (Lipinski definition) is 2. The Bertz CT molecular complexity index is 1660. The van der Waals surface area contributed by atoms with Crippen LogP contribution >= 0.6 is 0 Å². The lowest BCUT2D eigenvalue weighted by atomic mass is 9.98. The highest BCUT2D eigenvalue weighted by Crippen LogP contribution is 2.30. The van der Waals surface area contributed by atoms with E-state index < -0.39 is 11.7 Å². The van der Waals surface area contributed by atoms with E-state index in [9.17, 15) is 9.59 Å². The number of aromatic amines is 2. The van der Waals surface area contributed by atoms with Crippen LogP contribution in [0.1, 0.15) is 45.0 Å². The Morgan fingerprint density at radius 3 is 2.52 bits per heavy atom. The molecule has 0 amide bonds. The first-order chi connectivity index (χ1) is 19.4. The third kappa shape index (κ3) is 5.75. The molecule has 0 fully saturated rings. The number of carbonyl (C=O) groups is 1. The Kier molecular flexibility index (Phi) is 7.94. The van der Waals surface area contributed by atoms with Gasteiger partial charge in [-0.2, -0.15) is 5.21 Å². The average Bonchev–Trinajstić information content (AvgIpc) is 3.62. The molecule has 0 saturated carbocycles. The highest BCUT2D eigenvalue weighted by molar-refractivity contribution is 5.82. The number of rotatable bonds is 10. The van der Waals surface area contributed by atoms with Crippen LogP contribution < -0.4 is 10.3 Å². The van der Waals surface area contributed by atoms with Crippen LogP contribution in [0.15, 0.2) is 53.3 Å². The number of aromatic nitrogens is 8. The number of hydrogen-bond acceptors (Lipinski definition) is 9. The fourth-order valence-electron chi connectivity index (χ4n) is 4.37. The molecule has 5 rings (SSSR count). The molecule has 2 N–H and O–H groups in total. The van der Waals surface area contributed by atoms with E-state index in [0.29, 0.717) is 30.1 Å². The topological polar surface area (TPSA) is 154 Å². The van der Waals surface area contributed by atoms with E-state index in [-0.39, 0.29) is 23.9 Å². The summed E-state index contributed by atoms with van der Waals surface area (Å²) in [5.74, 6) is 1.29. The van der Waals surface area contributed by atoms with Crippen LogP contribution in [-0.2, 0) is 17.7 Å². The van der Waals surface area contributed by atoms with E-state index >= 15 is 0 Å². The van der Waals surface area contributed by atoms with Crippen molar-refractivity contribution in [3.63, 3.8) is 0 Å². The smallest absolute Gasteiger partial charge is 0.434 e. The van der Waals surface area contributed by atoms with Gasteiger partial charge in [0.25, 0.3) is 11.4 Å². The summed E-state index contributed by atoms with van der Waals surface area (Å²) in [7, 11) is 0. The predicted molar refractivity (Wildman–Crippen MR) is 148 cm³/mol. The number of tetrazole rings is 1. The molecule has 0 saturated heterocycles. The lowest BCUT2D eigenvalue weighted by Gasteiger charge is -2.11. The molecule has 206 valence electrons. The zero-order chi connectivity index (χ0) is 28.1. The van der Waals surface area contributed by atoms with E-state index in [2.05, 4.69) is 42.7 Å². The SMILES string of the molecule is CCCCc1nc2c(OC(=O)OCC(C)C)n[nH]c(=O)c2n1Cc1ccc(-c2ccccc2-c2nn[nH]n2)cc1. The van der Waals surface area contributed by atoms with E-state index in [1.54, 1.807) is 0 Å². The minimum atomic E-state index is -0.893. The molecule has 3 aromatic heterocycles. The van der Waals surface area contributed by atoms with Gasteiger partial charge >= 0.3 is 6.16 Å². The van der Waals surface area contributed by atoms with Crippen molar-refractivity contribution in [1.82, 2.24) is 40.4 Å². The first-order valence-electron chi connectivity index (χ1n) is 13.2. The molecule has 0 bridgehead atoms. The summed E-state index contributed by atoms with van der Waals surface area (Å²) in [6.45, 7) is 6.53. The van der Waals surface area contributed by atoms with Crippen molar-refractivity contribution in [1.29, 1.82) is 0 Å². The summed E-state index contributed by atoms with van der Waals surface area (Å²) in [6.07, 6.45) is 1.60. The highest BCUT2D eigenvalue weighted by Gasteiger charge is 2.21. The second kappa shape index (κ2) is 11.9. The Morgan fingerprint density at radius 2 is 1.82 bits per heavy atom. The van der Waals surface area contributed by atoms with E-state index in [1.807, 2.05) is 66.9 Å². The van der Waals surface area contributed by atoms with Crippen molar-refractivity contribution in [3.05, 3.63) is 70.3 Å². The molecule has 0 spiro atoms. The molecule has 0 aliphatic carbocycles. The van der Waals surface area contributed by atoms with Gasteiger partial charge in [-0.15, -0.1) is 15.3 Å². The number of ether oxygens (including phenoxy) is 2. The molecule has 3 heterocycles. The van der Waals surface area contributed by atoms with Gasteiger partial charge in [0.15, 0.2) is 5.52 Å². The van der Waals surface area contributed by atoms with Gasteiger partial charge in [-0.25, -0.2) is 14.9 Å². The van der Waals surface area contributed by atoms with Crippen LogP contribution in [0.25, 0.3) is 33.5 Å². The number of fused-ring (bicyclic) bond motifs is 1. The van der Waals surface area contributed by atoms with Gasteiger partial charge in [-0.05, 0) is 34.2 Å². The van der Waals surface area contributed by atoms with Gasteiger partial charge in [0.05, 0.1) is 6.61 Å². The molecule has 0 atom stereocenters. The number of aryl methyl sites for hydroxylation is 1. The largest absolute Gasteiger partial charge is 0.515 e. The monoisotopic (exact) mass is 542 g/mol. The standard InChI is InChI=1S/C28H30N8O4/c1-4-5-10-22-29-23-24(26(37)32-33-27(23)40-28(38)39-16-17(2)3)36(22)15-18-11-13-19(14-12-18)20-8-6-7-9-21(20)25-30-34-35-31-25/h6-9,11-14,17H,4-5,10,15-16H2,1-3H3,(H,32,37)(H,30,31,34,35). The maximum atomic E-state index is 12.9. The third-order valence-electron chi connectivity index (χ3n) is 6.31. The van der Waals surface area contributed by atoms with Crippen LogP contribution in [0.3, 0.4) is 0 Å². The van der Waals surface area contributed by atoms with Crippen molar-refractivity contribution in [3.8, 4) is 28.4 Å². The van der Waals surface area contributed by atoms with Gasteiger partial charge in [0.1, 0.15) is 11.3 Å². The number of carbonyl (C=O) groups excluding carboxylic acids is 1. The van der Waals surface area contributed by atoms with Gasteiger partial charge in [-0.1, -0.05) is 75.7 Å². The second-order valence-electron chi connectivity index (χ2n) is 9.81. The van der Waals surface area contributed by atoms with Crippen molar-refractivity contribution in [2.24, 2.45) is 5.92 Å². The number of nitrogens with zero attached hydrogens (tertiary/aromatic N) is 6. The fraction of sp³-hybridized carbons (Fsp3) is 0.321. The summed E-state index contributed by atoms with van der Waals surface area (Å²) in [4.78, 5) is 29.9. The zero-order valence-electron chi connectivity index (χ0n) is 22.5. The number of imidazole rings is 1. The maximum Gasteiger partial charge on any atom is 0.515 e. The second-order valence-corrected chi connectivity index (χ2v) is 9.81. The lowest BCUT2D eigenvalue weighted by molar-refractivity contribution is 0.0872. The lowest BCUT2D eigenvalue weighted by Crippen LogP contribution is -2.18. The van der Waals surface area contributed by atoms with Crippen LogP contribution in [-0.4, -0.2) is 53.1 Å². The summed E-state index contributed by atoms with van der Waals surface area (Å²) < 4.78 is 12.3. The summed E-state index contributed by atoms with van der Waals surface area (Å²) in [5.41, 5.74) is 3.89. The van der Waals surface area contributed by atoms with Gasteiger partial charge in [0.2, 0.25) is 5.82 Å². The first-order valence-corrected chi connectivity index (χ1v) is 13.2. The molecule has 0 aliphatic rings. The molecular weight excluding hydrogens is 512 g/mol. The van der Waals surface area contributed by atoms with Gasteiger partial charge in [-0.3, -0.25) is 4.79 Å². The van der Waals surface area contributed by atoms with Crippen molar-refractivity contribution in [2.75, 3.05) is 6.61 Å². The Morgan fingerprint density at radius 1 is 1.05 bits per heavy atom. The molecule has 12 heteroatoms. The van der Waals surface area contributed by atoms with Crippen LogP contribution in [0.4, 0.5) is 4.79 Å². The van der Waals surface area contributed by atoms with Crippen molar-refractivity contribution < 1.29 is 14.3 Å². The van der Waals surface area contributed by atoms with Crippen molar-refractivity contribution >= 4 is 17.2 Å². The normalized spacial score (nSPS) is 11.3. The minimum absolute atomic E-state index is 0.0896. The number of unbranched alkanes of at least 4 members (excludes halogenated alkanes) is 1. The summed E-state index contributed by atoms with van der Waals surface area (Å²) in [6, 6.07) is 15.9.